The minimum atomic E-state index is -0.209. The minimum Gasteiger partial charge on any atom is -0.466 e. The molecule has 0 aliphatic heterocycles. The molecule has 1 aliphatic rings. The Morgan fingerprint density at radius 1 is 1.65 bits per heavy atom. The molecule has 1 fully saturated rings. The lowest BCUT2D eigenvalue weighted by molar-refractivity contribution is -0.142. The van der Waals surface area contributed by atoms with Gasteiger partial charge in [-0.2, -0.15) is 0 Å². The van der Waals surface area contributed by atoms with Gasteiger partial charge in [0.15, 0.2) is 5.13 Å². The summed E-state index contributed by atoms with van der Waals surface area (Å²) in [4.78, 5) is 15.7. The first-order valence-corrected chi connectivity index (χ1v) is 6.87. The first-order chi connectivity index (χ1) is 8.11. The maximum atomic E-state index is 11.3. The monoisotopic (exact) mass is 254 g/mol. The summed E-state index contributed by atoms with van der Waals surface area (Å²) in [6, 6.07) is 0. The number of hydrogen-bond donors (Lipinski definition) is 1. The molecule has 2 rings (SSSR count). The molecule has 0 atom stereocenters. The standard InChI is InChI=1S/C12H18N2O2S/c1-3-16-10(15)7-9-8-17-11(13-9)14-12(2)5-4-6-12/h8H,3-7H2,1-2H3,(H,13,14). The first kappa shape index (κ1) is 12.4. The van der Waals surface area contributed by atoms with E-state index in [9.17, 15) is 4.79 Å². The highest BCUT2D eigenvalue weighted by atomic mass is 32.1. The molecule has 1 saturated carbocycles. The number of nitrogens with zero attached hydrogens (tertiary/aromatic N) is 1. The number of esters is 1. The summed E-state index contributed by atoms with van der Waals surface area (Å²) in [5.41, 5.74) is 0.998. The lowest BCUT2D eigenvalue weighted by Crippen LogP contribution is -2.41. The quantitative estimate of drug-likeness (QED) is 0.821. The van der Waals surface area contributed by atoms with E-state index in [1.807, 2.05) is 12.3 Å². The van der Waals surface area contributed by atoms with Gasteiger partial charge in [-0.25, -0.2) is 4.98 Å². The summed E-state index contributed by atoms with van der Waals surface area (Å²) in [6.45, 7) is 4.44. The molecular weight excluding hydrogens is 236 g/mol. The maximum absolute atomic E-state index is 11.3. The van der Waals surface area contributed by atoms with E-state index in [0.717, 1.165) is 10.8 Å². The summed E-state index contributed by atoms with van der Waals surface area (Å²) < 4.78 is 4.89. The number of hydrogen-bond acceptors (Lipinski definition) is 5. The highest BCUT2D eigenvalue weighted by molar-refractivity contribution is 7.13. The van der Waals surface area contributed by atoms with Crippen LogP contribution in [-0.4, -0.2) is 23.1 Å². The average Bonchev–Trinajstić information content (AvgIpc) is 2.63. The molecule has 0 radical (unpaired) electrons. The van der Waals surface area contributed by atoms with Gasteiger partial charge in [0.1, 0.15) is 0 Å². The lowest BCUT2D eigenvalue weighted by atomic mass is 9.79. The molecule has 0 unspecified atom stereocenters. The van der Waals surface area contributed by atoms with E-state index in [2.05, 4.69) is 17.2 Å². The van der Waals surface area contributed by atoms with Crippen molar-refractivity contribution in [3.05, 3.63) is 11.1 Å². The van der Waals surface area contributed by atoms with Gasteiger partial charge >= 0.3 is 5.97 Å². The predicted molar refractivity (Wildman–Crippen MR) is 68.3 cm³/mol. The molecule has 4 nitrogen and oxygen atoms in total. The Balaban J connectivity index is 1.89. The Kier molecular flexibility index (Phi) is 3.66. The summed E-state index contributed by atoms with van der Waals surface area (Å²) >= 11 is 1.56. The van der Waals surface area contributed by atoms with Crippen LogP contribution in [0.2, 0.25) is 0 Å². The van der Waals surface area contributed by atoms with Gasteiger partial charge in [0.25, 0.3) is 0 Å². The van der Waals surface area contributed by atoms with Crippen molar-refractivity contribution in [2.45, 2.75) is 45.1 Å². The largest absolute Gasteiger partial charge is 0.466 e. The molecule has 0 amide bonds. The fourth-order valence-corrected chi connectivity index (χ4v) is 2.75. The second kappa shape index (κ2) is 5.04. The first-order valence-electron chi connectivity index (χ1n) is 5.99. The van der Waals surface area contributed by atoms with E-state index in [4.69, 9.17) is 4.74 Å². The van der Waals surface area contributed by atoms with Crippen molar-refractivity contribution in [2.75, 3.05) is 11.9 Å². The van der Waals surface area contributed by atoms with Gasteiger partial charge in [-0.1, -0.05) is 0 Å². The topological polar surface area (TPSA) is 51.2 Å². The van der Waals surface area contributed by atoms with Gasteiger partial charge in [0, 0.05) is 10.9 Å². The second-order valence-electron chi connectivity index (χ2n) is 4.67. The summed E-state index contributed by atoms with van der Waals surface area (Å²) in [5, 5.41) is 6.26. The van der Waals surface area contributed by atoms with Gasteiger partial charge in [0.2, 0.25) is 0 Å². The van der Waals surface area contributed by atoms with Crippen molar-refractivity contribution >= 4 is 22.4 Å². The number of thiazole rings is 1. The number of nitrogens with one attached hydrogen (secondary N) is 1. The van der Waals surface area contributed by atoms with Crippen LogP contribution in [0.5, 0.6) is 0 Å². The molecule has 1 heterocycles. The fourth-order valence-electron chi connectivity index (χ4n) is 1.90. The average molecular weight is 254 g/mol. The number of anilines is 1. The molecule has 17 heavy (non-hydrogen) atoms. The Bertz CT molecular complexity index is 399. The SMILES string of the molecule is CCOC(=O)Cc1csc(NC2(C)CCC2)n1. The van der Waals surface area contributed by atoms with Crippen LogP contribution in [0.15, 0.2) is 5.38 Å². The number of rotatable bonds is 5. The summed E-state index contributed by atoms with van der Waals surface area (Å²) in [7, 11) is 0. The van der Waals surface area contributed by atoms with Crippen LogP contribution in [-0.2, 0) is 16.0 Å². The van der Waals surface area contributed by atoms with E-state index < -0.39 is 0 Å². The second-order valence-corrected chi connectivity index (χ2v) is 5.52. The fraction of sp³-hybridized carbons (Fsp3) is 0.667. The third-order valence-electron chi connectivity index (χ3n) is 3.05. The van der Waals surface area contributed by atoms with E-state index >= 15 is 0 Å². The van der Waals surface area contributed by atoms with E-state index in [-0.39, 0.29) is 17.9 Å². The van der Waals surface area contributed by atoms with Crippen LogP contribution >= 0.6 is 11.3 Å². The van der Waals surface area contributed by atoms with Gasteiger partial charge in [0.05, 0.1) is 18.7 Å². The normalized spacial score (nSPS) is 17.3. The molecule has 1 aromatic rings. The molecular formula is C12H18N2O2S. The lowest BCUT2D eigenvalue weighted by Gasteiger charge is -2.39. The summed E-state index contributed by atoms with van der Waals surface area (Å²) in [6.07, 6.45) is 3.94. The van der Waals surface area contributed by atoms with Crippen LogP contribution in [0, 0.1) is 0 Å². The molecule has 0 spiro atoms. The van der Waals surface area contributed by atoms with Crippen LogP contribution in [0.4, 0.5) is 5.13 Å². The minimum absolute atomic E-state index is 0.207. The highest BCUT2D eigenvalue weighted by Crippen LogP contribution is 2.35. The van der Waals surface area contributed by atoms with Crippen LogP contribution < -0.4 is 5.32 Å². The van der Waals surface area contributed by atoms with Crippen LogP contribution in [0.1, 0.15) is 38.8 Å². The molecule has 0 aromatic carbocycles. The van der Waals surface area contributed by atoms with Gasteiger partial charge in [-0.15, -0.1) is 11.3 Å². The van der Waals surface area contributed by atoms with Crippen molar-refractivity contribution in [3.8, 4) is 0 Å². The van der Waals surface area contributed by atoms with Crippen molar-refractivity contribution in [2.24, 2.45) is 0 Å². The van der Waals surface area contributed by atoms with E-state index in [0.29, 0.717) is 6.61 Å². The van der Waals surface area contributed by atoms with Crippen molar-refractivity contribution in [1.29, 1.82) is 0 Å². The Hall–Kier alpha value is -1.10. The van der Waals surface area contributed by atoms with Crippen LogP contribution in [0.3, 0.4) is 0 Å². The number of carbonyl (C=O) groups is 1. The van der Waals surface area contributed by atoms with Crippen molar-refractivity contribution in [3.63, 3.8) is 0 Å². The van der Waals surface area contributed by atoms with Crippen molar-refractivity contribution in [1.82, 2.24) is 4.98 Å². The molecule has 0 saturated heterocycles. The molecule has 0 bridgehead atoms. The Labute approximate surface area is 105 Å². The molecule has 94 valence electrons. The number of aromatic nitrogens is 1. The molecule has 5 heteroatoms. The Morgan fingerprint density at radius 2 is 2.41 bits per heavy atom. The zero-order valence-electron chi connectivity index (χ0n) is 10.3. The maximum Gasteiger partial charge on any atom is 0.311 e. The molecule has 1 N–H and O–H groups in total. The molecule has 1 aliphatic carbocycles. The smallest absolute Gasteiger partial charge is 0.311 e. The van der Waals surface area contributed by atoms with E-state index in [1.165, 1.54) is 19.3 Å². The summed E-state index contributed by atoms with van der Waals surface area (Å²) in [5.74, 6) is -0.209. The van der Waals surface area contributed by atoms with Gasteiger partial charge < -0.3 is 10.1 Å². The molecule has 1 aromatic heterocycles. The zero-order valence-corrected chi connectivity index (χ0v) is 11.1. The van der Waals surface area contributed by atoms with Gasteiger partial charge in [-0.3, -0.25) is 4.79 Å². The zero-order chi connectivity index (χ0) is 12.3. The number of carbonyl (C=O) groups excluding carboxylic acids is 1. The van der Waals surface area contributed by atoms with E-state index in [1.54, 1.807) is 11.3 Å². The Morgan fingerprint density at radius 3 is 3.00 bits per heavy atom. The van der Waals surface area contributed by atoms with Crippen molar-refractivity contribution < 1.29 is 9.53 Å². The third-order valence-corrected chi connectivity index (χ3v) is 3.85. The highest BCUT2D eigenvalue weighted by Gasteiger charge is 2.32. The van der Waals surface area contributed by atoms with Gasteiger partial charge in [-0.05, 0) is 33.1 Å². The third kappa shape index (κ3) is 3.19. The predicted octanol–water partition coefficient (Wildman–Crippen LogP) is 2.60. The van der Waals surface area contributed by atoms with Crippen LogP contribution in [0.25, 0.3) is 0 Å². The number of ether oxygens (including phenoxy) is 1.